The fourth-order valence-electron chi connectivity index (χ4n) is 3.14. The number of hydrogen-bond donors (Lipinski definition) is 1. The number of aryl methyl sites for hydroxylation is 1. The average molecular weight is 397 g/mol. The molecule has 8 heteroatoms. The molecule has 1 aliphatic heterocycles. The van der Waals surface area contributed by atoms with Crippen LogP contribution in [0, 0.1) is 0 Å². The van der Waals surface area contributed by atoms with Gasteiger partial charge in [-0.05, 0) is 23.6 Å². The van der Waals surface area contributed by atoms with Gasteiger partial charge in [-0.25, -0.2) is 0 Å². The number of nitrogens with one attached hydrogen (secondary N) is 1. The largest absolute Gasteiger partial charge is 0.378 e. The number of amides is 2. The minimum absolute atomic E-state index is 0.0871. The predicted molar refractivity (Wildman–Crippen MR) is 108 cm³/mol. The highest BCUT2D eigenvalue weighted by Gasteiger charge is 2.21. The molecule has 1 aliphatic rings. The van der Waals surface area contributed by atoms with Crippen LogP contribution in [0.3, 0.4) is 0 Å². The number of pyridine rings is 1. The normalized spacial score (nSPS) is 14.2. The molecule has 0 unspecified atom stereocenters. The van der Waals surface area contributed by atoms with E-state index >= 15 is 0 Å². The van der Waals surface area contributed by atoms with Crippen molar-refractivity contribution in [2.75, 3.05) is 31.6 Å². The first-order valence-electron chi connectivity index (χ1n) is 8.90. The van der Waals surface area contributed by atoms with Crippen LogP contribution in [0.4, 0.5) is 5.69 Å². The lowest BCUT2D eigenvalue weighted by molar-refractivity contribution is 0.0302. The van der Waals surface area contributed by atoms with Crippen LogP contribution in [0.2, 0.25) is 0 Å². The zero-order chi connectivity index (χ0) is 19.7. The number of aromatic nitrogens is 1. The summed E-state index contributed by atoms with van der Waals surface area (Å²) in [6.07, 6.45) is 1.50. The second kappa shape index (κ2) is 7.57. The lowest BCUT2D eigenvalue weighted by Crippen LogP contribution is -2.41. The van der Waals surface area contributed by atoms with E-state index in [4.69, 9.17) is 4.74 Å². The molecule has 2 aromatic heterocycles. The monoisotopic (exact) mass is 397 g/mol. The van der Waals surface area contributed by atoms with Gasteiger partial charge >= 0.3 is 0 Å². The topological polar surface area (TPSA) is 80.6 Å². The van der Waals surface area contributed by atoms with E-state index in [1.807, 2.05) is 24.3 Å². The van der Waals surface area contributed by atoms with Crippen LogP contribution in [0.15, 0.2) is 47.4 Å². The van der Waals surface area contributed by atoms with Crippen LogP contribution in [-0.4, -0.2) is 47.6 Å². The summed E-state index contributed by atoms with van der Waals surface area (Å²) < 4.78 is 7.58. The number of carbonyl (C=O) groups is 2. The highest BCUT2D eigenvalue weighted by molar-refractivity contribution is 7.20. The Morgan fingerprint density at radius 3 is 2.64 bits per heavy atom. The van der Waals surface area contributed by atoms with Gasteiger partial charge in [-0.2, -0.15) is 0 Å². The van der Waals surface area contributed by atoms with Gasteiger partial charge in [-0.15, -0.1) is 11.3 Å². The third-order valence-corrected chi connectivity index (χ3v) is 5.74. The molecule has 4 rings (SSSR count). The first-order valence-corrected chi connectivity index (χ1v) is 9.72. The maximum atomic E-state index is 12.7. The van der Waals surface area contributed by atoms with Crippen LogP contribution in [-0.2, 0) is 11.8 Å². The molecule has 0 radical (unpaired) electrons. The van der Waals surface area contributed by atoms with E-state index in [1.54, 1.807) is 18.0 Å². The van der Waals surface area contributed by atoms with Gasteiger partial charge < -0.3 is 19.5 Å². The number of ether oxygens (including phenoxy) is 1. The van der Waals surface area contributed by atoms with Gasteiger partial charge in [0.2, 0.25) is 0 Å². The smallest absolute Gasteiger partial charge is 0.274 e. The van der Waals surface area contributed by atoms with Crippen molar-refractivity contribution in [3.05, 3.63) is 63.4 Å². The minimum Gasteiger partial charge on any atom is -0.378 e. The fourth-order valence-corrected chi connectivity index (χ4v) is 4.10. The van der Waals surface area contributed by atoms with Gasteiger partial charge in [0.1, 0.15) is 5.69 Å². The van der Waals surface area contributed by atoms with Crippen molar-refractivity contribution in [3.8, 4) is 0 Å². The minimum atomic E-state index is -0.368. The Labute approximate surface area is 165 Å². The summed E-state index contributed by atoms with van der Waals surface area (Å²) in [5.74, 6) is -0.550. The van der Waals surface area contributed by atoms with E-state index in [2.05, 4.69) is 5.32 Å². The molecule has 0 spiro atoms. The summed E-state index contributed by atoms with van der Waals surface area (Å²) in [6.45, 7) is 2.00. The van der Waals surface area contributed by atoms with Gasteiger partial charge in [-0.1, -0.05) is 18.2 Å². The molecule has 7 nitrogen and oxygen atoms in total. The highest BCUT2D eigenvalue weighted by Crippen LogP contribution is 2.25. The van der Waals surface area contributed by atoms with Crippen molar-refractivity contribution in [3.63, 3.8) is 0 Å². The predicted octanol–water partition coefficient (Wildman–Crippen LogP) is 2.32. The molecule has 0 saturated carbocycles. The van der Waals surface area contributed by atoms with E-state index in [0.717, 1.165) is 10.1 Å². The van der Waals surface area contributed by atoms with Crippen molar-refractivity contribution in [1.82, 2.24) is 9.47 Å². The molecular formula is C20H19N3O4S. The third-order valence-electron chi connectivity index (χ3n) is 4.63. The Kier molecular flexibility index (Phi) is 4.97. The Balaban J connectivity index is 1.61. The van der Waals surface area contributed by atoms with Crippen LogP contribution >= 0.6 is 11.3 Å². The first kappa shape index (κ1) is 18.4. The van der Waals surface area contributed by atoms with E-state index in [9.17, 15) is 14.4 Å². The lowest BCUT2D eigenvalue weighted by atomic mass is 10.2. The third kappa shape index (κ3) is 3.56. The van der Waals surface area contributed by atoms with Gasteiger partial charge in [-0.3, -0.25) is 14.4 Å². The number of fused-ring (bicyclic) bond motifs is 1. The number of morpholine rings is 1. The molecule has 1 saturated heterocycles. The van der Waals surface area contributed by atoms with E-state index in [0.29, 0.717) is 36.7 Å². The zero-order valence-corrected chi connectivity index (χ0v) is 16.1. The molecule has 1 N–H and O–H groups in total. The Morgan fingerprint density at radius 1 is 1.14 bits per heavy atom. The maximum absolute atomic E-state index is 12.7. The van der Waals surface area contributed by atoms with Gasteiger partial charge in [0.15, 0.2) is 0 Å². The van der Waals surface area contributed by atoms with E-state index in [1.165, 1.54) is 28.2 Å². The van der Waals surface area contributed by atoms with Gasteiger partial charge in [0, 0.05) is 31.0 Å². The van der Waals surface area contributed by atoms with E-state index < -0.39 is 0 Å². The van der Waals surface area contributed by atoms with Crippen LogP contribution in [0.25, 0.3) is 10.1 Å². The van der Waals surface area contributed by atoms with Crippen molar-refractivity contribution in [2.24, 2.45) is 7.05 Å². The second-order valence-electron chi connectivity index (χ2n) is 6.57. The molecular weight excluding hydrogens is 378 g/mol. The Hall–Kier alpha value is -2.97. The van der Waals surface area contributed by atoms with Crippen LogP contribution in [0.5, 0.6) is 0 Å². The average Bonchev–Trinajstić information content (AvgIpc) is 3.16. The molecule has 28 heavy (non-hydrogen) atoms. The fraction of sp³-hybridized carbons (Fsp3) is 0.250. The molecule has 3 aromatic rings. The van der Waals surface area contributed by atoms with Crippen LogP contribution < -0.4 is 10.9 Å². The molecule has 0 bridgehead atoms. The zero-order valence-electron chi connectivity index (χ0n) is 15.3. The number of benzene rings is 1. The number of hydrogen-bond acceptors (Lipinski definition) is 5. The summed E-state index contributed by atoms with van der Waals surface area (Å²) in [6, 6.07) is 10.9. The Bertz CT molecular complexity index is 1080. The number of thiophene rings is 1. The quantitative estimate of drug-likeness (QED) is 0.736. The summed E-state index contributed by atoms with van der Waals surface area (Å²) in [5.41, 5.74) is 0.0766. The summed E-state index contributed by atoms with van der Waals surface area (Å²) in [5, 5.41) is 3.64. The standard InChI is InChI=1S/C20H19N3O4S/c1-22-12-14(19(25)23-6-8-27-9-7-23)10-15(20(22)26)21-18(24)17-11-13-4-2-3-5-16(13)28-17/h2-5,10-12H,6-9H2,1H3,(H,21,24). The number of nitrogens with zero attached hydrogens (tertiary/aromatic N) is 2. The molecule has 2 amide bonds. The Morgan fingerprint density at radius 2 is 1.89 bits per heavy atom. The molecule has 144 valence electrons. The molecule has 3 heterocycles. The molecule has 0 aliphatic carbocycles. The maximum Gasteiger partial charge on any atom is 0.274 e. The second-order valence-corrected chi connectivity index (χ2v) is 7.65. The number of anilines is 1. The molecule has 1 aromatic carbocycles. The summed E-state index contributed by atoms with van der Waals surface area (Å²) in [7, 11) is 1.56. The van der Waals surface area contributed by atoms with Crippen molar-refractivity contribution in [2.45, 2.75) is 0 Å². The van der Waals surface area contributed by atoms with Gasteiger partial charge in [0.05, 0.1) is 23.7 Å². The molecule has 1 fully saturated rings. The van der Waals surface area contributed by atoms with Crippen molar-refractivity contribution in [1.29, 1.82) is 0 Å². The summed E-state index contributed by atoms with van der Waals surface area (Å²) >= 11 is 1.36. The van der Waals surface area contributed by atoms with Gasteiger partial charge in [0.25, 0.3) is 17.4 Å². The SMILES string of the molecule is Cn1cc(C(=O)N2CCOCC2)cc(NC(=O)c2cc3ccccc3s2)c1=O. The highest BCUT2D eigenvalue weighted by atomic mass is 32.1. The van der Waals surface area contributed by atoms with Crippen molar-refractivity contribution >= 4 is 38.9 Å². The summed E-state index contributed by atoms with van der Waals surface area (Å²) in [4.78, 5) is 40.1. The number of carbonyl (C=O) groups excluding carboxylic acids is 2. The van der Waals surface area contributed by atoms with E-state index in [-0.39, 0.29) is 23.1 Å². The van der Waals surface area contributed by atoms with Crippen molar-refractivity contribution < 1.29 is 14.3 Å². The lowest BCUT2D eigenvalue weighted by Gasteiger charge is -2.27. The molecule has 0 atom stereocenters. The van der Waals surface area contributed by atoms with Crippen LogP contribution in [0.1, 0.15) is 20.0 Å². The number of rotatable bonds is 3. The first-order chi connectivity index (χ1) is 13.5.